The van der Waals surface area contributed by atoms with Crippen molar-refractivity contribution in [1.82, 2.24) is 4.90 Å². The maximum absolute atomic E-state index is 8.45. The van der Waals surface area contributed by atoms with E-state index in [2.05, 4.69) is 17.9 Å². The van der Waals surface area contributed by atoms with Gasteiger partial charge in [-0.1, -0.05) is 0 Å². The SMILES string of the molecule is CC(CC#N)N1CC[C@H](N)C1. The van der Waals surface area contributed by atoms with Crippen molar-refractivity contribution >= 4 is 0 Å². The summed E-state index contributed by atoms with van der Waals surface area (Å²) in [7, 11) is 0. The molecule has 1 rings (SSSR count). The van der Waals surface area contributed by atoms with E-state index in [0.717, 1.165) is 19.5 Å². The highest BCUT2D eigenvalue weighted by molar-refractivity contribution is 4.86. The lowest BCUT2D eigenvalue weighted by Crippen LogP contribution is -2.33. The molecule has 2 N–H and O–H groups in total. The molecule has 1 unspecified atom stereocenters. The van der Waals surface area contributed by atoms with Crippen LogP contribution in [0.3, 0.4) is 0 Å². The molecule has 0 aromatic heterocycles. The molecule has 3 nitrogen and oxygen atoms in total. The smallest absolute Gasteiger partial charge is 0.0638 e. The van der Waals surface area contributed by atoms with Gasteiger partial charge in [0.05, 0.1) is 12.5 Å². The molecule has 0 amide bonds. The van der Waals surface area contributed by atoms with Crippen LogP contribution in [0.1, 0.15) is 19.8 Å². The van der Waals surface area contributed by atoms with Crippen LogP contribution in [0.15, 0.2) is 0 Å². The predicted octanol–water partition coefficient (Wildman–Crippen LogP) is 0.322. The van der Waals surface area contributed by atoms with Crippen molar-refractivity contribution in [2.75, 3.05) is 13.1 Å². The summed E-state index contributed by atoms with van der Waals surface area (Å²) in [6, 6.07) is 2.89. The van der Waals surface area contributed by atoms with E-state index in [-0.39, 0.29) is 0 Å². The van der Waals surface area contributed by atoms with Gasteiger partial charge in [0.1, 0.15) is 0 Å². The van der Waals surface area contributed by atoms with Crippen LogP contribution < -0.4 is 5.73 Å². The van der Waals surface area contributed by atoms with Crippen LogP contribution in [-0.4, -0.2) is 30.1 Å². The van der Waals surface area contributed by atoms with E-state index in [1.165, 1.54) is 0 Å². The third-order valence-corrected chi connectivity index (χ3v) is 2.27. The normalized spacial score (nSPS) is 28.3. The molecule has 0 aromatic carbocycles. The van der Waals surface area contributed by atoms with Crippen molar-refractivity contribution in [2.24, 2.45) is 5.73 Å². The van der Waals surface area contributed by atoms with Crippen LogP contribution in [0.4, 0.5) is 0 Å². The molecular weight excluding hydrogens is 138 g/mol. The largest absolute Gasteiger partial charge is 0.326 e. The molecule has 0 spiro atoms. The van der Waals surface area contributed by atoms with E-state index in [0.29, 0.717) is 18.5 Å². The fourth-order valence-corrected chi connectivity index (χ4v) is 1.48. The molecule has 11 heavy (non-hydrogen) atoms. The maximum Gasteiger partial charge on any atom is 0.0638 e. The Balaban J connectivity index is 2.32. The van der Waals surface area contributed by atoms with Gasteiger partial charge in [0.25, 0.3) is 0 Å². The molecule has 3 heteroatoms. The second-order valence-corrected chi connectivity index (χ2v) is 3.25. The molecular formula is C8H15N3. The Morgan fingerprint density at radius 3 is 3.00 bits per heavy atom. The average Bonchev–Trinajstić information content (AvgIpc) is 2.36. The van der Waals surface area contributed by atoms with Crippen molar-refractivity contribution in [2.45, 2.75) is 31.8 Å². The molecule has 0 aliphatic carbocycles. The first-order chi connectivity index (χ1) is 5.24. The monoisotopic (exact) mass is 153 g/mol. The Hall–Kier alpha value is -0.590. The molecule has 0 bridgehead atoms. The van der Waals surface area contributed by atoms with Gasteiger partial charge in [0, 0.05) is 25.2 Å². The molecule has 1 fully saturated rings. The Morgan fingerprint density at radius 1 is 1.82 bits per heavy atom. The minimum atomic E-state index is 0.330. The first-order valence-corrected chi connectivity index (χ1v) is 4.10. The summed E-state index contributed by atoms with van der Waals surface area (Å²) in [5, 5.41) is 8.45. The number of nitrogens with zero attached hydrogens (tertiary/aromatic N) is 2. The van der Waals surface area contributed by atoms with E-state index in [1.54, 1.807) is 0 Å². The summed E-state index contributed by atoms with van der Waals surface area (Å²) in [5.74, 6) is 0. The highest BCUT2D eigenvalue weighted by Gasteiger charge is 2.22. The van der Waals surface area contributed by atoms with Crippen LogP contribution in [0.25, 0.3) is 0 Å². The Kier molecular flexibility index (Phi) is 2.86. The summed E-state index contributed by atoms with van der Waals surface area (Å²) >= 11 is 0. The third-order valence-electron chi connectivity index (χ3n) is 2.27. The maximum atomic E-state index is 8.45. The number of hydrogen-bond donors (Lipinski definition) is 1. The molecule has 0 saturated carbocycles. The van der Waals surface area contributed by atoms with Gasteiger partial charge < -0.3 is 5.73 Å². The third kappa shape index (κ3) is 2.18. The van der Waals surface area contributed by atoms with Crippen LogP contribution in [0.5, 0.6) is 0 Å². The van der Waals surface area contributed by atoms with Crippen LogP contribution in [0, 0.1) is 11.3 Å². The van der Waals surface area contributed by atoms with Crippen molar-refractivity contribution in [3.63, 3.8) is 0 Å². The lowest BCUT2D eigenvalue weighted by atomic mass is 10.2. The van der Waals surface area contributed by atoms with Crippen molar-refractivity contribution < 1.29 is 0 Å². The Labute approximate surface area is 67.8 Å². The van der Waals surface area contributed by atoms with Crippen LogP contribution in [-0.2, 0) is 0 Å². The first-order valence-electron chi connectivity index (χ1n) is 4.10. The van der Waals surface area contributed by atoms with Crippen molar-refractivity contribution in [1.29, 1.82) is 5.26 Å². The topological polar surface area (TPSA) is 53.0 Å². The van der Waals surface area contributed by atoms with Gasteiger partial charge in [-0.2, -0.15) is 5.26 Å². The van der Waals surface area contributed by atoms with E-state index < -0.39 is 0 Å². The Morgan fingerprint density at radius 2 is 2.55 bits per heavy atom. The van der Waals surface area contributed by atoms with Gasteiger partial charge in [-0.25, -0.2) is 0 Å². The molecule has 0 radical (unpaired) electrons. The van der Waals surface area contributed by atoms with Gasteiger partial charge in [0.15, 0.2) is 0 Å². The fraction of sp³-hybridized carbons (Fsp3) is 0.875. The standard InChI is InChI=1S/C8H15N3/c1-7(2-4-9)11-5-3-8(10)6-11/h7-8H,2-3,5-6,10H2,1H3/t7?,8-/m0/s1. The lowest BCUT2D eigenvalue weighted by Gasteiger charge is -2.21. The van der Waals surface area contributed by atoms with Crippen molar-refractivity contribution in [3.05, 3.63) is 0 Å². The van der Waals surface area contributed by atoms with Crippen LogP contribution >= 0.6 is 0 Å². The summed E-state index contributed by atoms with van der Waals surface area (Å²) in [6.07, 6.45) is 1.70. The minimum absolute atomic E-state index is 0.330. The first kappa shape index (κ1) is 8.51. The van der Waals surface area contributed by atoms with E-state index in [4.69, 9.17) is 11.0 Å². The molecule has 1 saturated heterocycles. The zero-order valence-corrected chi connectivity index (χ0v) is 6.95. The summed E-state index contributed by atoms with van der Waals surface area (Å²) in [4.78, 5) is 2.29. The zero-order chi connectivity index (χ0) is 8.27. The highest BCUT2D eigenvalue weighted by Crippen LogP contribution is 2.12. The Bertz CT molecular complexity index is 161. The second-order valence-electron chi connectivity index (χ2n) is 3.25. The predicted molar refractivity (Wildman–Crippen MR) is 43.9 cm³/mol. The summed E-state index contributed by atoms with van der Waals surface area (Å²) < 4.78 is 0. The summed E-state index contributed by atoms with van der Waals surface area (Å²) in [5.41, 5.74) is 5.73. The highest BCUT2D eigenvalue weighted by atomic mass is 15.2. The molecule has 1 heterocycles. The average molecular weight is 153 g/mol. The lowest BCUT2D eigenvalue weighted by molar-refractivity contribution is 0.259. The van der Waals surface area contributed by atoms with E-state index in [1.807, 2.05) is 0 Å². The molecule has 0 aromatic rings. The number of likely N-dealkylation sites (tertiary alicyclic amines) is 1. The number of nitriles is 1. The quantitative estimate of drug-likeness (QED) is 0.621. The fourth-order valence-electron chi connectivity index (χ4n) is 1.48. The molecule has 1 aliphatic rings. The van der Waals surface area contributed by atoms with Crippen molar-refractivity contribution in [3.8, 4) is 6.07 Å². The number of hydrogen-bond acceptors (Lipinski definition) is 3. The zero-order valence-electron chi connectivity index (χ0n) is 6.95. The molecule has 62 valence electrons. The minimum Gasteiger partial charge on any atom is -0.326 e. The van der Waals surface area contributed by atoms with E-state index >= 15 is 0 Å². The van der Waals surface area contributed by atoms with Gasteiger partial charge in [0.2, 0.25) is 0 Å². The second kappa shape index (κ2) is 3.70. The van der Waals surface area contributed by atoms with E-state index in [9.17, 15) is 0 Å². The van der Waals surface area contributed by atoms with Gasteiger partial charge in [-0.3, -0.25) is 4.90 Å². The van der Waals surface area contributed by atoms with Gasteiger partial charge in [-0.05, 0) is 13.3 Å². The molecule has 2 atom stereocenters. The number of nitrogens with two attached hydrogens (primary N) is 1. The number of rotatable bonds is 2. The van der Waals surface area contributed by atoms with Gasteiger partial charge in [-0.15, -0.1) is 0 Å². The van der Waals surface area contributed by atoms with Crippen LogP contribution in [0.2, 0.25) is 0 Å². The van der Waals surface area contributed by atoms with Gasteiger partial charge >= 0.3 is 0 Å². The molecule has 1 aliphatic heterocycles. The summed E-state index contributed by atoms with van der Waals surface area (Å²) in [6.45, 7) is 4.11.